The summed E-state index contributed by atoms with van der Waals surface area (Å²) in [5, 5.41) is 0.138. The van der Waals surface area contributed by atoms with E-state index in [4.69, 9.17) is 11.6 Å². The molecule has 0 spiro atoms. The highest BCUT2D eigenvalue weighted by atomic mass is 35.5. The average Bonchev–Trinajstić information content (AvgIpc) is 2.38. The Kier molecular flexibility index (Phi) is 4.69. The largest absolute Gasteiger partial charge is 0.228 e. The Morgan fingerprint density at radius 3 is 2.48 bits per heavy atom. The quantitative estimate of drug-likeness (QED) is 0.843. The van der Waals surface area contributed by atoms with Crippen molar-refractivity contribution >= 4 is 21.4 Å². The van der Waals surface area contributed by atoms with E-state index in [1.165, 1.54) is 18.2 Å². The highest BCUT2D eigenvalue weighted by Crippen LogP contribution is 2.23. The van der Waals surface area contributed by atoms with Crippen LogP contribution in [0.2, 0.25) is 5.02 Å². The highest BCUT2D eigenvalue weighted by molar-refractivity contribution is 7.89. The Bertz CT molecular complexity index is 750. The van der Waals surface area contributed by atoms with Crippen LogP contribution in [0.15, 0.2) is 36.4 Å². The van der Waals surface area contributed by atoms with Gasteiger partial charge in [0.05, 0.1) is 11.5 Å². The molecule has 0 N–H and O–H groups in total. The summed E-state index contributed by atoms with van der Waals surface area (Å²) in [5.74, 6) is -1.11. The zero-order valence-corrected chi connectivity index (χ0v) is 13.4. The molecule has 0 aliphatic heterocycles. The summed E-state index contributed by atoms with van der Waals surface area (Å²) in [7, 11) is -3.50. The lowest BCUT2D eigenvalue weighted by molar-refractivity contribution is 0.586. The Morgan fingerprint density at radius 1 is 1.10 bits per heavy atom. The maximum absolute atomic E-state index is 13.7. The third kappa shape index (κ3) is 4.05. The third-order valence-corrected chi connectivity index (χ3v) is 5.14. The van der Waals surface area contributed by atoms with Gasteiger partial charge in [0.1, 0.15) is 5.82 Å². The Balaban J connectivity index is 2.29. The van der Waals surface area contributed by atoms with Crippen LogP contribution in [0.3, 0.4) is 0 Å². The van der Waals surface area contributed by atoms with Crippen molar-refractivity contribution in [3.8, 4) is 0 Å². The van der Waals surface area contributed by atoms with Gasteiger partial charge in [0.15, 0.2) is 9.84 Å². The van der Waals surface area contributed by atoms with Crippen LogP contribution in [-0.4, -0.2) is 8.42 Å². The van der Waals surface area contributed by atoms with E-state index < -0.39 is 21.4 Å². The van der Waals surface area contributed by atoms with Crippen LogP contribution in [0.5, 0.6) is 0 Å². The third-order valence-electron chi connectivity index (χ3n) is 3.31. The van der Waals surface area contributed by atoms with Gasteiger partial charge in [0.2, 0.25) is 0 Å². The second-order valence-corrected chi connectivity index (χ2v) is 7.63. The molecule has 21 heavy (non-hydrogen) atoms. The minimum absolute atomic E-state index is 0.0319. The summed E-state index contributed by atoms with van der Waals surface area (Å²) in [4.78, 5) is 0. The zero-order valence-electron chi connectivity index (χ0n) is 11.9. The van der Waals surface area contributed by atoms with Crippen LogP contribution >= 0.6 is 11.6 Å². The average molecular weight is 327 g/mol. The molecule has 2 nitrogen and oxygen atoms in total. The molecule has 5 heteroatoms. The standard InChI is InChI=1S/C16H16ClFO2S/c1-11-6-7-12(2)13(8-11)9-21(19,20)10-14-15(17)4-3-5-16(14)18/h3-8H,9-10H2,1-2H3. The SMILES string of the molecule is Cc1ccc(C)c(CS(=O)(=O)Cc2c(F)cccc2Cl)c1. The number of hydrogen-bond donors (Lipinski definition) is 0. The fourth-order valence-corrected chi connectivity index (χ4v) is 4.06. The summed E-state index contributed by atoms with van der Waals surface area (Å²) < 4.78 is 38.3. The van der Waals surface area contributed by atoms with Crippen molar-refractivity contribution in [2.45, 2.75) is 25.4 Å². The summed E-state index contributed by atoms with van der Waals surface area (Å²) in [6.07, 6.45) is 0. The molecule has 2 rings (SSSR count). The highest BCUT2D eigenvalue weighted by Gasteiger charge is 2.19. The van der Waals surface area contributed by atoms with E-state index in [-0.39, 0.29) is 16.3 Å². The molecule has 0 radical (unpaired) electrons. The first-order valence-electron chi connectivity index (χ1n) is 6.48. The van der Waals surface area contributed by atoms with Gasteiger partial charge in [-0.25, -0.2) is 12.8 Å². The van der Waals surface area contributed by atoms with Crippen LogP contribution in [-0.2, 0) is 21.3 Å². The van der Waals surface area contributed by atoms with Crippen LogP contribution in [0.25, 0.3) is 0 Å². The Morgan fingerprint density at radius 2 is 1.81 bits per heavy atom. The lowest BCUT2D eigenvalue weighted by Gasteiger charge is -2.10. The molecular weight excluding hydrogens is 311 g/mol. The van der Waals surface area contributed by atoms with E-state index in [0.717, 1.165) is 16.7 Å². The smallest absolute Gasteiger partial charge is 0.158 e. The van der Waals surface area contributed by atoms with Gasteiger partial charge in [-0.05, 0) is 37.1 Å². The van der Waals surface area contributed by atoms with Gasteiger partial charge >= 0.3 is 0 Å². The number of halogens is 2. The number of aryl methyl sites for hydroxylation is 2. The minimum Gasteiger partial charge on any atom is -0.228 e. The van der Waals surface area contributed by atoms with E-state index in [2.05, 4.69) is 0 Å². The second kappa shape index (κ2) is 6.16. The van der Waals surface area contributed by atoms with Gasteiger partial charge in [0.25, 0.3) is 0 Å². The van der Waals surface area contributed by atoms with E-state index >= 15 is 0 Å². The van der Waals surface area contributed by atoms with Gasteiger partial charge in [-0.2, -0.15) is 0 Å². The molecule has 0 fully saturated rings. The summed E-state index contributed by atoms with van der Waals surface area (Å²) >= 11 is 5.89. The molecule has 0 aliphatic carbocycles. The lowest BCUT2D eigenvalue weighted by atomic mass is 10.1. The molecule has 0 bridgehead atoms. The first-order valence-corrected chi connectivity index (χ1v) is 8.68. The van der Waals surface area contributed by atoms with Gasteiger partial charge in [-0.3, -0.25) is 0 Å². The van der Waals surface area contributed by atoms with E-state index in [1.54, 1.807) is 0 Å². The maximum Gasteiger partial charge on any atom is 0.158 e. The van der Waals surface area contributed by atoms with Gasteiger partial charge < -0.3 is 0 Å². The van der Waals surface area contributed by atoms with Gasteiger partial charge in [-0.1, -0.05) is 41.4 Å². The number of benzene rings is 2. The molecule has 0 amide bonds. The number of sulfone groups is 1. The first kappa shape index (κ1) is 16.0. The molecule has 0 heterocycles. The molecule has 2 aromatic carbocycles. The minimum atomic E-state index is -3.50. The van der Waals surface area contributed by atoms with Crippen molar-refractivity contribution in [2.75, 3.05) is 0 Å². The van der Waals surface area contributed by atoms with Gasteiger partial charge in [-0.15, -0.1) is 0 Å². The molecule has 0 aromatic heterocycles. The monoisotopic (exact) mass is 326 g/mol. The maximum atomic E-state index is 13.7. The van der Waals surface area contributed by atoms with Gasteiger partial charge in [0, 0.05) is 10.6 Å². The molecule has 0 atom stereocenters. The van der Waals surface area contributed by atoms with Crippen LogP contribution < -0.4 is 0 Å². The lowest BCUT2D eigenvalue weighted by Crippen LogP contribution is -2.10. The van der Waals surface area contributed by atoms with Crippen molar-refractivity contribution < 1.29 is 12.8 Å². The first-order chi connectivity index (χ1) is 9.78. The number of hydrogen-bond acceptors (Lipinski definition) is 2. The molecular formula is C16H16ClFO2S. The normalized spacial score (nSPS) is 11.6. The van der Waals surface area contributed by atoms with E-state index in [1.807, 2.05) is 32.0 Å². The van der Waals surface area contributed by atoms with Crippen LogP contribution in [0.1, 0.15) is 22.3 Å². The van der Waals surface area contributed by atoms with E-state index in [9.17, 15) is 12.8 Å². The summed E-state index contributed by atoms with van der Waals surface area (Å²) in [6.45, 7) is 3.77. The van der Waals surface area contributed by atoms with Crippen molar-refractivity contribution in [3.63, 3.8) is 0 Å². The van der Waals surface area contributed by atoms with Crippen LogP contribution in [0, 0.1) is 19.7 Å². The molecule has 0 unspecified atom stereocenters. The Hall–Kier alpha value is -1.39. The fourth-order valence-electron chi connectivity index (χ4n) is 2.13. The topological polar surface area (TPSA) is 34.1 Å². The van der Waals surface area contributed by atoms with Crippen molar-refractivity contribution in [2.24, 2.45) is 0 Å². The summed E-state index contributed by atoms with van der Waals surface area (Å²) in [5.41, 5.74) is 2.67. The molecule has 2 aromatic rings. The molecule has 0 aliphatic rings. The predicted octanol–water partition coefficient (Wildman–Crippen LogP) is 4.21. The van der Waals surface area contributed by atoms with Crippen molar-refractivity contribution in [3.05, 3.63) is 69.5 Å². The van der Waals surface area contributed by atoms with Crippen molar-refractivity contribution in [1.29, 1.82) is 0 Å². The van der Waals surface area contributed by atoms with Crippen molar-refractivity contribution in [1.82, 2.24) is 0 Å². The fraction of sp³-hybridized carbons (Fsp3) is 0.250. The zero-order chi connectivity index (χ0) is 15.6. The molecule has 0 saturated heterocycles. The summed E-state index contributed by atoms with van der Waals surface area (Å²) in [6, 6.07) is 9.83. The predicted molar refractivity (Wildman–Crippen MR) is 83.7 cm³/mol. The molecule has 112 valence electrons. The van der Waals surface area contributed by atoms with Crippen LogP contribution in [0.4, 0.5) is 4.39 Å². The van der Waals surface area contributed by atoms with E-state index in [0.29, 0.717) is 0 Å². The Labute approximate surface area is 129 Å². The second-order valence-electron chi connectivity index (χ2n) is 5.16. The molecule has 0 saturated carbocycles. The number of rotatable bonds is 4.